The van der Waals surface area contributed by atoms with E-state index in [1.54, 1.807) is 0 Å². The van der Waals surface area contributed by atoms with Crippen molar-refractivity contribution in [3.05, 3.63) is 126 Å². The Labute approximate surface area is 212 Å². The van der Waals surface area contributed by atoms with Gasteiger partial charge in [-0.25, -0.2) is 0 Å². The highest BCUT2D eigenvalue weighted by Gasteiger charge is 2.40. The molecule has 180 valence electrons. The molecule has 1 saturated heterocycles. The lowest BCUT2D eigenvalue weighted by Crippen LogP contribution is -2.38. The number of hydrogen-bond acceptors (Lipinski definition) is 4. The van der Waals surface area contributed by atoms with Gasteiger partial charge in [0.2, 0.25) is 0 Å². The van der Waals surface area contributed by atoms with E-state index in [4.69, 9.17) is 9.84 Å². The summed E-state index contributed by atoms with van der Waals surface area (Å²) in [7, 11) is 0. The van der Waals surface area contributed by atoms with E-state index in [0.29, 0.717) is 0 Å². The van der Waals surface area contributed by atoms with E-state index >= 15 is 0 Å². The minimum absolute atomic E-state index is 0.617. The minimum Gasteiger partial charge on any atom is -0.378 e. The van der Waals surface area contributed by atoms with Gasteiger partial charge in [-0.2, -0.15) is 5.10 Å². The van der Waals surface area contributed by atoms with Crippen molar-refractivity contribution in [3.63, 3.8) is 0 Å². The summed E-state index contributed by atoms with van der Waals surface area (Å²) < 4.78 is 8.00. The molecule has 0 N–H and O–H groups in total. The fourth-order valence-corrected chi connectivity index (χ4v) is 5.65. The van der Waals surface area contributed by atoms with E-state index < -0.39 is 5.54 Å². The Hall–Kier alpha value is -3.96. The van der Waals surface area contributed by atoms with E-state index in [-0.39, 0.29) is 0 Å². The minimum atomic E-state index is -0.617. The van der Waals surface area contributed by atoms with Crippen LogP contribution >= 0.6 is 0 Å². The summed E-state index contributed by atoms with van der Waals surface area (Å²) in [5.74, 6) is 0. The van der Waals surface area contributed by atoms with Crippen molar-refractivity contribution in [1.29, 1.82) is 0 Å². The number of fused-ring (bicyclic) bond motifs is 1. The molecule has 0 radical (unpaired) electrons. The second kappa shape index (κ2) is 9.59. The van der Waals surface area contributed by atoms with Crippen molar-refractivity contribution >= 4 is 16.7 Å². The average Bonchev–Trinajstić information content (AvgIpc) is 3.35. The molecular weight excluding hydrogens is 444 g/mol. The molecule has 0 spiro atoms. The maximum atomic E-state index is 5.64. The van der Waals surface area contributed by atoms with Gasteiger partial charge in [0, 0.05) is 24.7 Å². The first-order valence-electron chi connectivity index (χ1n) is 12.7. The molecule has 1 fully saturated rings. The fourth-order valence-electron chi connectivity index (χ4n) is 5.65. The van der Waals surface area contributed by atoms with Gasteiger partial charge >= 0.3 is 0 Å². The van der Waals surface area contributed by atoms with Crippen molar-refractivity contribution in [3.8, 4) is 0 Å². The van der Waals surface area contributed by atoms with Crippen molar-refractivity contribution < 1.29 is 4.74 Å². The summed E-state index contributed by atoms with van der Waals surface area (Å²) >= 11 is 0. The topological polar surface area (TPSA) is 43.2 Å². The van der Waals surface area contributed by atoms with Crippen LogP contribution in [0.4, 0.5) is 5.69 Å². The normalized spacial score (nSPS) is 14.3. The van der Waals surface area contributed by atoms with Gasteiger partial charge in [-0.05, 0) is 28.7 Å². The zero-order chi connectivity index (χ0) is 24.4. The Kier molecular flexibility index (Phi) is 5.99. The maximum Gasteiger partial charge on any atom is 0.166 e. The summed E-state index contributed by atoms with van der Waals surface area (Å²) in [6.07, 6.45) is 5.13. The summed E-state index contributed by atoms with van der Waals surface area (Å²) in [6, 6.07) is 32.2. The smallest absolute Gasteiger partial charge is 0.166 e. The third kappa shape index (κ3) is 3.59. The Morgan fingerprint density at radius 2 is 1.31 bits per heavy atom. The lowest BCUT2D eigenvalue weighted by atomic mass is 9.76. The zero-order valence-corrected chi connectivity index (χ0v) is 20.5. The molecule has 1 aliphatic heterocycles. The predicted molar refractivity (Wildman–Crippen MR) is 145 cm³/mol. The first-order valence-corrected chi connectivity index (χ1v) is 12.7. The molecule has 36 heavy (non-hydrogen) atoms. The fraction of sp³-hybridized carbons (Fsp3) is 0.226. The van der Waals surface area contributed by atoms with Crippen LogP contribution in [-0.4, -0.2) is 41.1 Å². The largest absolute Gasteiger partial charge is 0.378 e. The standard InChI is InChI=1S/C31H30N4O/c1-2-24-23-35(30-29(24)28(22-32-33-30)34-18-20-36-21-19-34)31(25-12-6-3-7-13-25,26-14-8-4-9-15-26)27-16-10-5-11-17-27/h3-17,22-23H,2,18-21H2,1H3. The number of benzene rings is 3. The summed E-state index contributed by atoms with van der Waals surface area (Å²) in [5.41, 5.74) is 6.23. The SMILES string of the molecule is CCc1cn(C(c2ccccc2)(c2ccccc2)c2ccccc2)c2nncc(N3CCOCC3)c12. The molecule has 1 aliphatic rings. The Morgan fingerprint density at radius 1 is 0.778 bits per heavy atom. The highest BCUT2D eigenvalue weighted by molar-refractivity contribution is 5.93. The van der Waals surface area contributed by atoms with Gasteiger partial charge in [0.15, 0.2) is 5.65 Å². The van der Waals surface area contributed by atoms with Gasteiger partial charge < -0.3 is 14.2 Å². The van der Waals surface area contributed by atoms with Gasteiger partial charge in [0.05, 0.1) is 25.1 Å². The number of nitrogens with zero attached hydrogens (tertiary/aromatic N) is 4. The number of aryl methyl sites for hydroxylation is 1. The number of hydrogen-bond donors (Lipinski definition) is 0. The van der Waals surface area contributed by atoms with Crippen LogP contribution in [0.15, 0.2) is 103 Å². The monoisotopic (exact) mass is 474 g/mol. The van der Waals surface area contributed by atoms with E-state index in [1.165, 1.54) is 27.6 Å². The summed E-state index contributed by atoms with van der Waals surface area (Å²) in [5, 5.41) is 10.5. The van der Waals surface area contributed by atoms with E-state index in [1.807, 2.05) is 6.20 Å². The molecule has 6 rings (SSSR count). The number of aromatic nitrogens is 3. The molecular formula is C31H30N4O. The van der Waals surface area contributed by atoms with Crippen LogP contribution in [0.1, 0.15) is 29.2 Å². The Morgan fingerprint density at radius 3 is 1.81 bits per heavy atom. The second-order valence-electron chi connectivity index (χ2n) is 9.21. The van der Waals surface area contributed by atoms with Crippen LogP contribution in [0, 0.1) is 0 Å². The Bertz CT molecular complexity index is 1350. The van der Waals surface area contributed by atoms with Gasteiger partial charge in [0.1, 0.15) is 5.54 Å². The molecule has 5 nitrogen and oxygen atoms in total. The third-order valence-corrected chi connectivity index (χ3v) is 7.32. The van der Waals surface area contributed by atoms with Crippen LogP contribution in [0.5, 0.6) is 0 Å². The van der Waals surface area contributed by atoms with Gasteiger partial charge in [-0.1, -0.05) is 97.9 Å². The molecule has 0 saturated carbocycles. The highest BCUT2D eigenvalue weighted by atomic mass is 16.5. The van der Waals surface area contributed by atoms with Crippen molar-refractivity contribution in [2.45, 2.75) is 18.9 Å². The van der Waals surface area contributed by atoms with Crippen molar-refractivity contribution in [2.24, 2.45) is 0 Å². The number of ether oxygens (including phenoxy) is 1. The summed E-state index contributed by atoms with van der Waals surface area (Å²) in [4.78, 5) is 2.39. The number of rotatable bonds is 6. The van der Waals surface area contributed by atoms with E-state index in [9.17, 15) is 0 Å². The first-order chi connectivity index (χ1) is 17.8. The summed E-state index contributed by atoms with van der Waals surface area (Å²) in [6.45, 7) is 5.40. The van der Waals surface area contributed by atoms with Crippen LogP contribution < -0.4 is 4.90 Å². The molecule has 3 heterocycles. The third-order valence-electron chi connectivity index (χ3n) is 7.32. The number of morpholine rings is 1. The molecule has 3 aromatic carbocycles. The molecule has 2 aromatic heterocycles. The zero-order valence-electron chi connectivity index (χ0n) is 20.5. The molecule has 0 amide bonds. The van der Waals surface area contributed by atoms with Crippen LogP contribution in [0.2, 0.25) is 0 Å². The quantitative estimate of drug-likeness (QED) is 0.298. The van der Waals surface area contributed by atoms with E-state index in [2.05, 4.69) is 119 Å². The lowest BCUT2D eigenvalue weighted by molar-refractivity contribution is 0.123. The molecule has 5 heteroatoms. The van der Waals surface area contributed by atoms with Crippen LogP contribution in [0.25, 0.3) is 11.0 Å². The van der Waals surface area contributed by atoms with Crippen LogP contribution in [-0.2, 0) is 16.7 Å². The van der Waals surface area contributed by atoms with Gasteiger partial charge in [-0.15, -0.1) is 5.10 Å². The van der Waals surface area contributed by atoms with Crippen molar-refractivity contribution in [1.82, 2.24) is 14.8 Å². The predicted octanol–water partition coefficient (Wildman–Crippen LogP) is 5.67. The first kappa shape index (κ1) is 22.5. The molecule has 0 atom stereocenters. The van der Waals surface area contributed by atoms with Gasteiger partial charge in [0.25, 0.3) is 0 Å². The lowest BCUT2D eigenvalue weighted by Gasteiger charge is -2.38. The average molecular weight is 475 g/mol. The second-order valence-corrected chi connectivity index (χ2v) is 9.21. The molecule has 5 aromatic rings. The Balaban J connectivity index is 1.73. The van der Waals surface area contributed by atoms with Gasteiger partial charge in [-0.3, -0.25) is 0 Å². The molecule has 0 bridgehead atoms. The molecule has 0 unspecified atom stereocenters. The van der Waals surface area contributed by atoms with Crippen LogP contribution in [0.3, 0.4) is 0 Å². The number of anilines is 1. The van der Waals surface area contributed by atoms with Crippen molar-refractivity contribution in [2.75, 3.05) is 31.2 Å². The highest BCUT2D eigenvalue weighted by Crippen LogP contribution is 2.44. The van der Waals surface area contributed by atoms with E-state index in [0.717, 1.165) is 44.1 Å². The maximum absolute atomic E-state index is 5.64. The molecule has 0 aliphatic carbocycles.